The Balaban J connectivity index is 2.00. The van der Waals surface area contributed by atoms with Crippen LogP contribution in [-0.4, -0.2) is 20.7 Å². The molecule has 3 rings (SSSR count). The topological polar surface area (TPSA) is 71.7 Å². The number of nitrogens with zero attached hydrogens (tertiary/aromatic N) is 1. The standard InChI is InChI=1S/C18H17NO4/c1-2-19-13(11-23-16-9-4-3-8-15(16)20)10-12-6-5-7-14(17(12)19)18(21)22/h3-10,20H,2,11H2,1H3,(H,21,22). The van der Waals surface area contributed by atoms with E-state index >= 15 is 0 Å². The fourth-order valence-electron chi connectivity index (χ4n) is 2.76. The monoisotopic (exact) mass is 311 g/mol. The van der Waals surface area contributed by atoms with Crippen LogP contribution in [0.2, 0.25) is 0 Å². The summed E-state index contributed by atoms with van der Waals surface area (Å²) >= 11 is 0. The number of aromatic hydroxyl groups is 1. The molecular weight excluding hydrogens is 294 g/mol. The second-order valence-electron chi connectivity index (χ2n) is 5.18. The van der Waals surface area contributed by atoms with Gasteiger partial charge in [-0.1, -0.05) is 24.3 Å². The van der Waals surface area contributed by atoms with Crippen molar-refractivity contribution in [1.29, 1.82) is 0 Å². The lowest BCUT2D eigenvalue weighted by atomic mass is 10.1. The Labute approximate surface area is 133 Å². The minimum Gasteiger partial charge on any atom is -0.504 e. The largest absolute Gasteiger partial charge is 0.504 e. The Kier molecular flexibility index (Phi) is 3.93. The van der Waals surface area contributed by atoms with E-state index in [9.17, 15) is 15.0 Å². The van der Waals surface area contributed by atoms with Gasteiger partial charge in [0.05, 0.1) is 16.8 Å². The number of aromatic nitrogens is 1. The summed E-state index contributed by atoms with van der Waals surface area (Å²) < 4.78 is 7.61. The summed E-state index contributed by atoms with van der Waals surface area (Å²) in [5.74, 6) is -0.465. The normalized spacial score (nSPS) is 10.8. The summed E-state index contributed by atoms with van der Waals surface area (Å²) in [6.07, 6.45) is 0. The zero-order valence-corrected chi connectivity index (χ0v) is 12.7. The molecule has 0 aliphatic rings. The highest BCUT2D eigenvalue weighted by molar-refractivity contribution is 6.02. The van der Waals surface area contributed by atoms with E-state index in [1.54, 1.807) is 36.4 Å². The second-order valence-corrected chi connectivity index (χ2v) is 5.18. The number of rotatable bonds is 5. The van der Waals surface area contributed by atoms with E-state index in [0.29, 0.717) is 17.8 Å². The molecule has 0 saturated heterocycles. The number of ether oxygens (including phenoxy) is 1. The summed E-state index contributed by atoms with van der Waals surface area (Å²) in [5.41, 5.74) is 1.83. The summed E-state index contributed by atoms with van der Waals surface area (Å²) in [6, 6.07) is 13.9. The van der Waals surface area contributed by atoms with Crippen molar-refractivity contribution in [2.45, 2.75) is 20.1 Å². The van der Waals surface area contributed by atoms with Gasteiger partial charge in [-0.3, -0.25) is 0 Å². The Bertz CT molecular complexity index is 867. The fraction of sp³-hybridized carbons (Fsp3) is 0.167. The van der Waals surface area contributed by atoms with Gasteiger partial charge in [-0.2, -0.15) is 0 Å². The molecule has 0 radical (unpaired) electrons. The van der Waals surface area contributed by atoms with Crippen LogP contribution in [0.4, 0.5) is 0 Å². The number of fused-ring (bicyclic) bond motifs is 1. The molecule has 0 amide bonds. The number of hydrogen-bond donors (Lipinski definition) is 2. The van der Waals surface area contributed by atoms with Crippen molar-refractivity contribution in [1.82, 2.24) is 4.57 Å². The number of carboxylic acids is 1. The molecule has 0 atom stereocenters. The molecule has 0 spiro atoms. The summed E-state index contributed by atoms with van der Waals surface area (Å²) in [7, 11) is 0. The lowest BCUT2D eigenvalue weighted by Crippen LogP contribution is -2.07. The van der Waals surface area contributed by atoms with Crippen LogP contribution in [0.15, 0.2) is 48.5 Å². The first kappa shape index (κ1) is 15.0. The van der Waals surface area contributed by atoms with Crippen LogP contribution in [0, 0.1) is 0 Å². The maximum atomic E-state index is 11.4. The van der Waals surface area contributed by atoms with Crippen LogP contribution in [0.1, 0.15) is 23.0 Å². The van der Waals surface area contributed by atoms with E-state index in [1.165, 1.54) is 0 Å². The Morgan fingerprint density at radius 2 is 1.96 bits per heavy atom. The highest BCUT2D eigenvalue weighted by Gasteiger charge is 2.15. The molecule has 1 heterocycles. The van der Waals surface area contributed by atoms with Crippen molar-refractivity contribution < 1.29 is 19.7 Å². The van der Waals surface area contributed by atoms with Gasteiger partial charge in [0.15, 0.2) is 11.5 Å². The summed E-state index contributed by atoms with van der Waals surface area (Å²) in [4.78, 5) is 11.4. The number of hydrogen-bond acceptors (Lipinski definition) is 3. The molecule has 1 aromatic heterocycles. The van der Waals surface area contributed by atoms with E-state index < -0.39 is 5.97 Å². The number of aromatic carboxylic acids is 1. The number of carbonyl (C=O) groups is 1. The lowest BCUT2D eigenvalue weighted by molar-refractivity contribution is 0.0698. The maximum absolute atomic E-state index is 11.4. The number of para-hydroxylation sites is 3. The SMILES string of the molecule is CCn1c(COc2ccccc2O)cc2cccc(C(=O)O)c21. The van der Waals surface area contributed by atoms with Gasteiger partial charge in [0.1, 0.15) is 6.61 Å². The first-order chi connectivity index (χ1) is 11.1. The number of aryl methyl sites for hydroxylation is 1. The van der Waals surface area contributed by atoms with Crippen LogP contribution in [0.3, 0.4) is 0 Å². The van der Waals surface area contributed by atoms with Crippen molar-refractivity contribution in [2.75, 3.05) is 0 Å². The Hall–Kier alpha value is -2.95. The van der Waals surface area contributed by atoms with Gasteiger partial charge < -0.3 is 19.5 Å². The molecule has 0 saturated carbocycles. The number of phenols is 1. The van der Waals surface area contributed by atoms with Gasteiger partial charge in [-0.25, -0.2) is 4.79 Å². The Morgan fingerprint density at radius 3 is 2.65 bits per heavy atom. The predicted molar refractivity (Wildman–Crippen MR) is 87.0 cm³/mol. The number of phenolic OH excluding ortho intramolecular Hbond substituents is 1. The van der Waals surface area contributed by atoms with E-state index in [-0.39, 0.29) is 17.9 Å². The second kappa shape index (κ2) is 6.04. The fourth-order valence-corrected chi connectivity index (χ4v) is 2.76. The summed E-state index contributed by atoms with van der Waals surface area (Å²) in [6.45, 7) is 2.84. The van der Waals surface area contributed by atoms with Gasteiger partial charge in [-0.15, -0.1) is 0 Å². The van der Waals surface area contributed by atoms with Gasteiger partial charge in [0.2, 0.25) is 0 Å². The molecule has 0 unspecified atom stereocenters. The average molecular weight is 311 g/mol. The molecule has 2 N–H and O–H groups in total. The zero-order valence-electron chi connectivity index (χ0n) is 12.7. The molecule has 5 heteroatoms. The molecule has 5 nitrogen and oxygen atoms in total. The molecule has 0 aliphatic carbocycles. The van der Waals surface area contributed by atoms with Crippen LogP contribution in [0.25, 0.3) is 10.9 Å². The van der Waals surface area contributed by atoms with Crippen molar-refractivity contribution in [2.24, 2.45) is 0 Å². The molecule has 2 aromatic carbocycles. The van der Waals surface area contributed by atoms with E-state index in [0.717, 1.165) is 11.1 Å². The first-order valence-electron chi connectivity index (χ1n) is 7.37. The van der Waals surface area contributed by atoms with E-state index in [2.05, 4.69) is 0 Å². The minimum absolute atomic E-state index is 0.0814. The quantitative estimate of drug-likeness (QED) is 0.754. The van der Waals surface area contributed by atoms with Crippen molar-refractivity contribution in [3.8, 4) is 11.5 Å². The molecule has 23 heavy (non-hydrogen) atoms. The molecule has 3 aromatic rings. The smallest absolute Gasteiger partial charge is 0.337 e. The van der Waals surface area contributed by atoms with E-state index in [1.807, 2.05) is 23.6 Å². The average Bonchev–Trinajstić information content (AvgIpc) is 2.91. The van der Waals surface area contributed by atoms with Gasteiger partial charge in [-0.05, 0) is 31.2 Å². The van der Waals surface area contributed by atoms with Crippen molar-refractivity contribution >= 4 is 16.9 Å². The van der Waals surface area contributed by atoms with Crippen molar-refractivity contribution in [3.63, 3.8) is 0 Å². The third kappa shape index (κ3) is 2.73. The van der Waals surface area contributed by atoms with Crippen molar-refractivity contribution in [3.05, 3.63) is 59.8 Å². The summed E-state index contributed by atoms with van der Waals surface area (Å²) in [5, 5.41) is 20.0. The van der Waals surface area contributed by atoms with E-state index in [4.69, 9.17) is 4.74 Å². The molecule has 0 aliphatic heterocycles. The highest BCUT2D eigenvalue weighted by Crippen LogP contribution is 2.28. The third-order valence-corrected chi connectivity index (χ3v) is 3.79. The molecule has 0 fully saturated rings. The predicted octanol–water partition coefficient (Wildman–Crippen LogP) is 3.64. The molecular formula is C18H17NO4. The first-order valence-corrected chi connectivity index (χ1v) is 7.37. The maximum Gasteiger partial charge on any atom is 0.337 e. The minimum atomic E-state index is -0.948. The van der Waals surface area contributed by atoms with Crippen LogP contribution in [0.5, 0.6) is 11.5 Å². The van der Waals surface area contributed by atoms with Gasteiger partial charge >= 0.3 is 5.97 Å². The number of benzene rings is 2. The lowest BCUT2D eigenvalue weighted by Gasteiger charge is -2.11. The Morgan fingerprint density at radius 1 is 1.17 bits per heavy atom. The van der Waals surface area contributed by atoms with Gasteiger partial charge in [0.25, 0.3) is 0 Å². The van der Waals surface area contributed by atoms with Crippen LogP contribution in [-0.2, 0) is 13.2 Å². The van der Waals surface area contributed by atoms with Gasteiger partial charge in [0, 0.05) is 11.9 Å². The zero-order chi connectivity index (χ0) is 16.4. The third-order valence-electron chi connectivity index (χ3n) is 3.79. The number of carboxylic acid groups (broad SMARTS) is 1. The van der Waals surface area contributed by atoms with Crippen LogP contribution >= 0.6 is 0 Å². The van der Waals surface area contributed by atoms with Crippen LogP contribution < -0.4 is 4.74 Å². The molecule has 118 valence electrons. The highest BCUT2D eigenvalue weighted by atomic mass is 16.5. The molecule has 0 bridgehead atoms.